The maximum absolute atomic E-state index is 13.7. The lowest BCUT2D eigenvalue weighted by Gasteiger charge is -2.29. The van der Waals surface area contributed by atoms with Crippen molar-refractivity contribution >= 4 is 11.6 Å². The fraction of sp³-hybridized carbons (Fsp3) is 0.533. The van der Waals surface area contributed by atoms with E-state index >= 15 is 0 Å². The maximum atomic E-state index is 13.7. The molecule has 0 radical (unpaired) electrons. The highest BCUT2D eigenvalue weighted by molar-refractivity contribution is 5.93. The van der Waals surface area contributed by atoms with E-state index in [-0.39, 0.29) is 29.0 Å². The molecule has 3 N–H and O–H groups in total. The Kier molecular flexibility index (Phi) is 4.70. The summed E-state index contributed by atoms with van der Waals surface area (Å²) in [7, 11) is 0. The zero-order chi connectivity index (χ0) is 14.7. The molecule has 1 aliphatic rings. The number of benzene rings is 1. The van der Waals surface area contributed by atoms with Gasteiger partial charge in [-0.15, -0.1) is 0 Å². The van der Waals surface area contributed by atoms with Crippen LogP contribution in [0.4, 0.5) is 14.5 Å². The van der Waals surface area contributed by atoms with E-state index in [1.807, 2.05) is 0 Å². The summed E-state index contributed by atoms with van der Waals surface area (Å²) in [5.74, 6) is -1.49. The molecule has 0 heterocycles. The number of hydrogen-bond donors (Lipinski definition) is 2. The van der Waals surface area contributed by atoms with Crippen molar-refractivity contribution in [2.24, 2.45) is 17.6 Å². The van der Waals surface area contributed by atoms with Gasteiger partial charge in [-0.25, -0.2) is 8.78 Å². The molecule has 1 fully saturated rings. The fourth-order valence-electron chi connectivity index (χ4n) is 2.80. The zero-order valence-electron chi connectivity index (χ0n) is 11.6. The van der Waals surface area contributed by atoms with Crippen LogP contribution in [-0.2, 0) is 4.79 Å². The molecule has 0 spiro atoms. The van der Waals surface area contributed by atoms with Crippen LogP contribution in [0.2, 0.25) is 0 Å². The van der Waals surface area contributed by atoms with Crippen molar-refractivity contribution in [3.8, 4) is 0 Å². The molecular weight excluding hydrogens is 262 g/mol. The van der Waals surface area contributed by atoms with Gasteiger partial charge in [0.15, 0.2) is 0 Å². The molecule has 110 valence electrons. The van der Waals surface area contributed by atoms with Crippen molar-refractivity contribution in [1.82, 2.24) is 0 Å². The molecule has 2 unspecified atom stereocenters. The smallest absolute Gasteiger partial charge is 0.227 e. The van der Waals surface area contributed by atoms with Crippen LogP contribution in [0.5, 0.6) is 0 Å². The second kappa shape index (κ2) is 6.31. The largest absolute Gasteiger partial charge is 0.330 e. The number of hydrogen-bond acceptors (Lipinski definition) is 2. The monoisotopic (exact) mass is 282 g/mol. The number of halogens is 2. The maximum Gasteiger partial charge on any atom is 0.227 e. The summed E-state index contributed by atoms with van der Waals surface area (Å²) < 4.78 is 27.2. The van der Waals surface area contributed by atoms with Crippen LogP contribution in [0.3, 0.4) is 0 Å². The van der Waals surface area contributed by atoms with Gasteiger partial charge in [-0.1, -0.05) is 12.8 Å². The SMILES string of the molecule is Cc1cc(F)c(NC(=O)C2CCCCC2CN)cc1F. The average molecular weight is 282 g/mol. The number of aryl methyl sites for hydroxylation is 1. The Hall–Kier alpha value is -1.49. The highest BCUT2D eigenvalue weighted by Crippen LogP contribution is 2.30. The predicted octanol–water partition coefficient (Wildman–Crippen LogP) is 2.98. The fourth-order valence-corrected chi connectivity index (χ4v) is 2.80. The van der Waals surface area contributed by atoms with Crippen LogP contribution in [0, 0.1) is 30.4 Å². The Morgan fingerprint density at radius 3 is 2.70 bits per heavy atom. The summed E-state index contributed by atoms with van der Waals surface area (Å²) in [5.41, 5.74) is 5.81. The third-order valence-corrected chi connectivity index (χ3v) is 4.05. The van der Waals surface area contributed by atoms with Crippen LogP contribution in [0.25, 0.3) is 0 Å². The molecule has 0 bridgehead atoms. The zero-order valence-corrected chi connectivity index (χ0v) is 11.6. The molecule has 5 heteroatoms. The van der Waals surface area contributed by atoms with Gasteiger partial charge >= 0.3 is 0 Å². The van der Waals surface area contributed by atoms with E-state index in [2.05, 4.69) is 5.32 Å². The molecule has 1 amide bonds. The molecule has 0 saturated heterocycles. The third-order valence-electron chi connectivity index (χ3n) is 4.05. The number of carbonyl (C=O) groups excluding carboxylic acids is 1. The minimum absolute atomic E-state index is 0.0977. The van der Waals surface area contributed by atoms with Crippen LogP contribution in [-0.4, -0.2) is 12.5 Å². The summed E-state index contributed by atoms with van der Waals surface area (Å²) in [5, 5.41) is 2.50. The van der Waals surface area contributed by atoms with Crippen molar-refractivity contribution in [3.63, 3.8) is 0 Å². The first-order valence-corrected chi connectivity index (χ1v) is 6.99. The quantitative estimate of drug-likeness (QED) is 0.895. The topological polar surface area (TPSA) is 55.1 Å². The van der Waals surface area contributed by atoms with Gasteiger partial charge in [0.1, 0.15) is 11.6 Å². The van der Waals surface area contributed by atoms with Gasteiger partial charge in [-0.05, 0) is 43.9 Å². The van der Waals surface area contributed by atoms with Crippen molar-refractivity contribution < 1.29 is 13.6 Å². The van der Waals surface area contributed by atoms with Crippen LogP contribution in [0.1, 0.15) is 31.2 Å². The summed E-state index contributed by atoms with van der Waals surface area (Å²) >= 11 is 0. The molecule has 1 aromatic rings. The lowest BCUT2D eigenvalue weighted by atomic mass is 9.78. The molecule has 2 atom stereocenters. The van der Waals surface area contributed by atoms with E-state index in [0.29, 0.717) is 6.54 Å². The number of carbonyl (C=O) groups is 1. The first-order chi connectivity index (χ1) is 9.52. The number of rotatable bonds is 3. The van der Waals surface area contributed by atoms with Crippen molar-refractivity contribution in [2.45, 2.75) is 32.6 Å². The van der Waals surface area contributed by atoms with E-state index in [9.17, 15) is 13.6 Å². The molecule has 20 heavy (non-hydrogen) atoms. The number of amides is 1. The third kappa shape index (κ3) is 3.15. The number of nitrogens with one attached hydrogen (secondary N) is 1. The molecule has 3 nitrogen and oxygen atoms in total. The minimum atomic E-state index is -0.614. The van der Waals surface area contributed by atoms with Crippen molar-refractivity contribution in [1.29, 1.82) is 0 Å². The average Bonchev–Trinajstić information content (AvgIpc) is 2.44. The Morgan fingerprint density at radius 2 is 2.00 bits per heavy atom. The summed E-state index contributed by atoms with van der Waals surface area (Å²) in [6.07, 6.45) is 3.71. The van der Waals surface area contributed by atoms with E-state index in [4.69, 9.17) is 5.73 Å². The van der Waals surface area contributed by atoms with Gasteiger partial charge in [0, 0.05) is 12.0 Å². The van der Waals surface area contributed by atoms with Gasteiger partial charge in [-0.2, -0.15) is 0 Å². The first kappa shape index (κ1) is 14.9. The Labute approximate surface area is 117 Å². The molecular formula is C15H20F2N2O. The Bertz CT molecular complexity index is 505. The summed E-state index contributed by atoms with van der Waals surface area (Å²) in [4.78, 5) is 12.2. The Morgan fingerprint density at radius 1 is 1.30 bits per heavy atom. The van der Waals surface area contributed by atoms with Gasteiger partial charge in [0.05, 0.1) is 5.69 Å². The van der Waals surface area contributed by atoms with Crippen LogP contribution in [0.15, 0.2) is 12.1 Å². The van der Waals surface area contributed by atoms with Gasteiger partial charge in [-0.3, -0.25) is 4.79 Å². The molecule has 0 aliphatic heterocycles. The van der Waals surface area contributed by atoms with Gasteiger partial charge in [0.25, 0.3) is 0 Å². The van der Waals surface area contributed by atoms with Crippen molar-refractivity contribution in [3.05, 3.63) is 29.3 Å². The van der Waals surface area contributed by atoms with Crippen molar-refractivity contribution in [2.75, 3.05) is 11.9 Å². The second-order valence-corrected chi connectivity index (χ2v) is 5.46. The summed E-state index contributed by atoms with van der Waals surface area (Å²) in [6, 6.07) is 2.12. The summed E-state index contributed by atoms with van der Waals surface area (Å²) in [6.45, 7) is 1.93. The Balaban J connectivity index is 2.13. The minimum Gasteiger partial charge on any atom is -0.330 e. The van der Waals surface area contributed by atoms with Crippen LogP contribution >= 0.6 is 0 Å². The lowest BCUT2D eigenvalue weighted by Crippen LogP contribution is -2.35. The molecule has 1 aliphatic carbocycles. The molecule has 2 rings (SSSR count). The van der Waals surface area contributed by atoms with Gasteiger partial charge in [0.2, 0.25) is 5.91 Å². The lowest BCUT2D eigenvalue weighted by molar-refractivity contribution is -0.122. The standard InChI is InChI=1S/C15H20F2N2O/c1-9-6-13(17)14(7-12(9)16)19-15(20)11-5-3-2-4-10(11)8-18/h6-7,10-11H,2-5,8,18H2,1H3,(H,19,20). The number of nitrogens with two attached hydrogens (primary N) is 1. The highest BCUT2D eigenvalue weighted by Gasteiger charge is 2.30. The van der Waals surface area contributed by atoms with E-state index < -0.39 is 11.6 Å². The van der Waals surface area contributed by atoms with E-state index in [1.165, 1.54) is 6.92 Å². The molecule has 1 saturated carbocycles. The predicted molar refractivity (Wildman–Crippen MR) is 74.2 cm³/mol. The van der Waals surface area contributed by atoms with E-state index in [0.717, 1.165) is 37.8 Å². The molecule has 0 aromatic heterocycles. The normalized spacial score (nSPS) is 22.6. The first-order valence-electron chi connectivity index (χ1n) is 6.99. The van der Waals surface area contributed by atoms with E-state index in [1.54, 1.807) is 0 Å². The second-order valence-electron chi connectivity index (χ2n) is 5.46. The number of anilines is 1. The molecule has 1 aromatic carbocycles. The van der Waals surface area contributed by atoms with Crippen LogP contribution < -0.4 is 11.1 Å². The van der Waals surface area contributed by atoms with Gasteiger partial charge < -0.3 is 11.1 Å². The highest BCUT2D eigenvalue weighted by atomic mass is 19.1.